The van der Waals surface area contributed by atoms with Crippen LogP contribution in [0.1, 0.15) is 22.3 Å². The molecule has 1 saturated heterocycles. The molecule has 1 amide bonds. The average Bonchev–Trinajstić information content (AvgIpc) is 3.52. The number of sulfonamides is 1. The minimum absolute atomic E-state index is 0.0455. The van der Waals surface area contributed by atoms with Gasteiger partial charge in [0.25, 0.3) is 15.9 Å². The second-order valence-corrected chi connectivity index (χ2v) is 12.3. The molecule has 0 aliphatic carbocycles. The maximum atomic E-state index is 13.2. The number of nitrogens with zero attached hydrogens (tertiary/aromatic N) is 5. The number of aromatic nitrogens is 3. The van der Waals surface area contributed by atoms with E-state index in [1.54, 1.807) is 24.4 Å². The molecular weight excluding hydrogens is 561 g/mol. The van der Waals surface area contributed by atoms with Crippen molar-refractivity contribution in [3.05, 3.63) is 70.0 Å². The maximum Gasteiger partial charge on any atom is 0.261 e. The number of likely N-dealkylation sites (tertiary alicyclic amines) is 1. The second-order valence-electron chi connectivity index (χ2n) is 9.75. The van der Waals surface area contributed by atoms with Crippen molar-refractivity contribution in [1.29, 1.82) is 0 Å². The third kappa shape index (κ3) is 5.27. The van der Waals surface area contributed by atoms with Crippen LogP contribution >= 0.6 is 23.2 Å². The fourth-order valence-corrected chi connectivity index (χ4v) is 6.53. The molecule has 0 radical (unpaired) electrons. The molecule has 204 valence electrons. The van der Waals surface area contributed by atoms with Crippen LogP contribution in [0.2, 0.25) is 10.0 Å². The van der Waals surface area contributed by atoms with Gasteiger partial charge in [0.05, 0.1) is 11.1 Å². The summed E-state index contributed by atoms with van der Waals surface area (Å²) in [5.74, 6) is 0.194. The zero-order valence-electron chi connectivity index (χ0n) is 21.5. The summed E-state index contributed by atoms with van der Waals surface area (Å²) in [5.41, 5.74) is 9.72. The normalized spacial score (nSPS) is 15.8. The monoisotopic (exact) mass is 587 g/mol. The standard InChI is InChI=1S/C26H27Cl2N7O3S/c1-15-8-18(32-39(37,38)20-10-16(27)9-17(28)11-20)4-5-21(15)22-12-30-25-23(13-31-35(25)24(22)29)26(36)34-7-6-19(14-34)33(2)3/h4-5,8-13,19,32H,6-7,14,29H2,1-3H3. The lowest BCUT2D eigenvalue weighted by Crippen LogP contribution is -2.34. The van der Waals surface area contributed by atoms with Gasteiger partial charge >= 0.3 is 0 Å². The van der Waals surface area contributed by atoms with Gasteiger partial charge in [0.15, 0.2) is 5.65 Å². The van der Waals surface area contributed by atoms with Crippen LogP contribution in [0, 0.1) is 6.92 Å². The van der Waals surface area contributed by atoms with Crippen molar-refractivity contribution in [1.82, 2.24) is 24.4 Å². The number of carbonyl (C=O) groups excluding carboxylic acids is 1. The smallest absolute Gasteiger partial charge is 0.261 e. The van der Waals surface area contributed by atoms with Crippen LogP contribution in [0.4, 0.5) is 11.5 Å². The van der Waals surface area contributed by atoms with Crippen LogP contribution in [0.25, 0.3) is 16.8 Å². The molecule has 0 bridgehead atoms. The van der Waals surface area contributed by atoms with Gasteiger partial charge in [-0.25, -0.2) is 13.4 Å². The van der Waals surface area contributed by atoms with E-state index in [1.165, 1.54) is 28.9 Å². The van der Waals surface area contributed by atoms with E-state index in [1.807, 2.05) is 25.9 Å². The van der Waals surface area contributed by atoms with Gasteiger partial charge in [-0.15, -0.1) is 0 Å². The summed E-state index contributed by atoms with van der Waals surface area (Å²) in [7, 11) is 0.102. The second kappa shape index (κ2) is 10.3. The number of rotatable bonds is 6. The van der Waals surface area contributed by atoms with Crippen molar-refractivity contribution in [3.63, 3.8) is 0 Å². The number of likely N-dealkylation sites (N-methyl/N-ethyl adjacent to an activating group) is 1. The van der Waals surface area contributed by atoms with E-state index in [-0.39, 0.29) is 20.8 Å². The highest BCUT2D eigenvalue weighted by molar-refractivity contribution is 7.92. The Kier molecular flexibility index (Phi) is 7.19. The lowest BCUT2D eigenvalue weighted by molar-refractivity contribution is 0.0784. The maximum absolute atomic E-state index is 13.2. The molecule has 39 heavy (non-hydrogen) atoms. The molecule has 2 aromatic heterocycles. The van der Waals surface area contributed by atoms with Crippen LogP contribution < -0.4 is 10.5 Å². The van der Waals surface area contributed by atoms with E-state index in [4.69, 9.17) is 28.9 Å². The van der Waals surface area contributed by atoms with E-state index in [2.05, 4.69) is 19.7 Å². The predicted molar refractivity (Wildman–Crippen MR) is 153 cm³/mol. The van der Waals surface area contributed by atoms with Gasteiger partial charge in [-0.1, -0.05) is 29.3 Å². The SMILES string of the molecule is Cc1cc(NS(=O)(=O)c2cc(Cl)cc(Cl)c2)ccc1-c1cnc2c(C(=O)N3CCC(N(C)C)C3)cnn2c1N. The van der Waals surface area contributed by atoms with Gasteiger partial charge < -0.3 is 15.5 Å². The van der Waals surface area contributed by atoms with Gasteiger partial charge in [-0.3, -0.25) is 9.52 Å². The largest absolute Gasteiger partial charge is 0.383 e. The van der Waals surface area contributed by atoms with Crippen LogP contribution in [0.3, 0.4) is 0 Å². The summed E-state index contributed by atoms with van der Waals surface area (Å²) in [6, 6.07) is 9.49. The number of amides is 1. The Hall–Kier alpha value is -3.38. The highest BCUT2D eigenvalue weighted by atomic mass is 35.5. The van der Waals surface area contributed by atoms with E-state index in [0.29, 0.717) is 47.4 Å². The molecular formula is C26H27Cl2N7O3S. The number of benzene rings is 2. The summed E-state index contributed by atoms with van der Waals surface area (Å²) < 4.78 is 29.8. The van der Waals surface area contributed by atoms with Crippen molar-refractivity contribution in [2.45, 2.75) is 24.3 Å². The van der Waals surface area contributed by atoms with E-state index < -0.39 is 10.0 Å². The fourth-order valence-electron chi connectivity index (χ4n) is 4.75. The van der Waals surface area contributed by atoms with Gasteiger partial charge in [-0.05, 0) is 68.9 Å². The molecule has 1 unspecified atom stereocenters. The Balaban J connectivity index is 1.41. The molecule has 3 N–H and O–H groups in total. The summed E-state index contributed by atoms with van der Waals surface area (Å²) in [6.07, 6.45) is 4.02. The third-order valence-electron chi connectivity index (χ3n) is 6.89. The molecule has 2 aromatic carbocycles. The molecule has 1 fully saturated rings. The molecule has 10 nitrogen and oxygen atoms in total. The van der Waals surface area contributed by atoms with Crippen molar-refractivity contribution in [3.8, 4) is 11.1 Å². The minimum Gasteiger partial charge on any atom is -0.383 e. The zero-order chi connectivity index (χ0) is 28.1. The van der Waals surface area contributed by atoms with Gasteiger partial charge in [0.1, 0.15) is 11.4 Å². The van der Waals surface area contributed by atoms with E-state index >= 15 is 0 Å². The van der Waals surface area contributed by atoms with Crippen LogP contribution in [-0.4, -0.2) is 71.9 Å². The summed E-state index contributed by atoms with van der Waals surface area (Å²) >= 11 is 11.9. The Morgan fingerprint density at radius 2 is 1.82 bits per heavy atom. The van der Waals surface area contributed by atoms with Crippen LogP contribution in [-0.2, 0) is 10.0 Å². The lowest BCUT2D eigenvalue weighted by Gasteiger charge is -2.20. The molecule has 1 aliphatic rings. The zero-order valence-corrected chi connectivity index (χ0v) is 23.8. The number of carbonyl (C=O) groups is 1. The number of nitrogens with two attached hydrogens (primary N) is 1. The number of aryl methyl sites for hydroxylation is 1. The highest BCUT2D eigenvalue weighted by Crippen LogP contribution is 2.32. The predicted octanol–water partition coefficient (Wildman–Crippen LogP) is 4.17. The summed E-state index contributed by atoms with van der Waals surface area (Å²) in [6.45, 7) is 3.15. The van der Waals surface area contributed by atoms with Crippen molar-refractivity contribution < 1.29 is 13.2 Å². The average molecular weight is 589 g/mol. The number of fused-ring (bicyclic) bond motifs is 1. The Bertz CT molecular complexity index is 1690. The van der Waals surface area contributed by atoms with Crippen molar-refractivity contribution >= 4 is 56.3 Å². The molecule has 0 spiro atoms. The summed E-state index contributed by atoms with van der Waals surface area (Å²) in [4.78, 5) is 21.6. The number of nitrogen functional groups attached to an aromatic ring is 1. The number of anilines is 2. The number of halogens is 2. The molecule has 1 aliphatic heterocycles. The fraction of sp³-hybridized carbons (Fsp3) is 0.269. The molecule has 5 rings (SSSR count). The Labute approximate surface area is 236 Å². The first-order valence-corrected chi connectivity index (χ1v) is 14.4. The molecule has 4 aromatic rings. The Morgan fingerprint density at radius 3 is 2.46 bits per heavy atom. The number of nitrogens with one attached hydrogen (secondary N) is 1. The molecule has 13 heteroatoms. The Morgan fingerprint density at radius 1 is 1.10 bits per heavy atom. The number of hydrogen-bond acceptors (Lipinski definition) is 7. The van der Waals surface area contributed by atoms with Gasteiger partial charge in [-0.2, -0.15) is 9.61 Å². The third-order valence-corrected chi connectivity index (χ3v) is 8.69. The van der Waals surface area contributed by atoms with Gasteiger partial charge in [0.2, 0.25) is 0 Å². The topological polar surface area (TPSA) is 126 Å². The van der Waals surface area contributed by atoms with Crippen molar-refractivity contribution in [2.24, 2.45) is 0 Å². The minimum atomic E-state index is -3.92. The van der Waals surface area contributed by atoms with E-state index in [9.17, 15) is 13.2 Å². The van der Waals surface area contributed by atoms with Gasteiger partial charge in [0, 0.05) is 46.6 Å². The molecule has 1 atom stereocenters. The first kappa shape index (κ1) is 27.2. The first-order chi connectivity index (χ1) is 18.4. The molecule has 3 heterocycles. The lowest BCUT2D eigenvalue weighted by atomic mass is 10.0. The van der Waals surface area contributed by atoms with Crippen molar-refractivity contribution in [2.75, 3.05) is 37.6 Å². The summed E-state index contributed by atoms with van der Waals surface area (Å²) in [5, 5.41) is 4.79. The quantitative estimate of drug-likeness (QED) is 0.346. The first-order valence-electron chi connectivity index (χ1n) is 12.1. The highest BCUT2D eigenvalue weighted by Gasteiger charge is 2.30. The van der Waals surface area contributed by atoms with Crippen LogP contribution in [0.15, 0.2) is 53.7 Å². The van der Waals surface area contributed by atoms with E-state index in [0.717, 1.165) is 17.5 Å². The molecule has 0 saturated carbocycles. The van der Waals surface area contributed by atoms with Crippen LogP contribution in [0.5, 0.6) is 0 Å². The number of hydrogen-bond donors (Lipinski definition) is 2.